The first-order valence-electron chi connectivity index (χ1n) is 9.93. The molecule has 0 aromatic heterocycles. The number of amides is 3. The molecule has 0 aromatic rings. The molecule has 0 radical (unpaired) electrons. The molecule has 0 atom stereocenters. The van der Waals surface area contributed by atoms with Gasteiger partial charge in [0.2, 0.25) is 5.91 Å². The van der Waals surface area contributed by atoms with Crippen molar-refractivity contribution < 1.29 is 9.59 Å². The number of rotatable bonds is 6. The molecule has 2 heterocycles. The summed E-state index contributed by atoms with van der Waals surface area (Å²) < 4.78 is 0. The first kappa shape index (κ1) is 20.0. The van der Waals surface area contributed by atoms with E-state index in [4.69, 9.17) is 0 Å². The Morgan fingerprint density at radius 2 is 1.64 bits per heavy atom. The molecule has 0 saturated carbocycles. The predicted octanol–water partition coefficient (Wildman–Crippen LogP) is 2.01. The Morgan fingerprint density at radius 1 is 1.00 bits per heavy atom. The Morgan fingerprint density at radius 3 is 2.24 bits per heavy atom. The molecule has 6 nitrogen and oxygen atoms in total. The Bertz CT molecular complexity index is 425. The third-order valence-corrected chi connectivity index (χ3v) is 5.60. The summed E-state index contributed by atoms with van der Waals surface area (Å²) in [4.78, 5) is 30.2. The van der Waals surface area contributed by atoms with Gasteiger partial charge in [0.15, 0.2) is 0 Å². The summed E-state index contributed by atoms with van der Waals surface area (Å²) in [6.45, 7) is 8.11. The molecule has 144 valence electrons. The predicted molar refractivity (Wildman–Crippen MR) is 100 cm³/mol. The highest BCUT2D eigenvalue weighted by Crippen LogP contribution is 2.18. The smallest absolute Gasteiger partial charge is 0.319 e. The number of piperidine rings is 2. The fourth-order valence-corrected chi connectivity index (χ4v) is 3.72. The van der Waals surface area contributed by atoms with Crippen LogP contribution in [0.5, 0.6) is 0 Å². The van der Waals surface area contributed by atoms with E-state index in [0.29, 0.717) is 13.1 Å². The summed E-state index contributed by atoms with van der Waals surface area (Å²) in [6, 6.07) is 0.0472. The summed E-state index contributed by atoms with van der Waals surface area (Å²) in [5.74, 6) is 1.12. The summed E-state index contributed by atoms with van der Waals surface area (Å²) >= 11 is 0. The minimum atomic E-state index is 0.0472. The van der Waals surface area contributed by atoms with Crippen molar-refractivity contribution in [1.29, 1.82) is 0 Å². The summed E-state index contributed by atoms with van der Waals surface area (Å²) in [5.41, 5.74) is 0. The number of unbranched alkanes of at least 4 members (excludes halogenated alkanes) is 1. The molecule has 6 heteroatoms. The van der Waals surface area contributed by atoms with Crippen LogP contribution in [0.4, 0.5) is 4.79 Å². The topological polar surface area (TPSA) is 55.9 Å². The van der Waals surface area contributed by atoms with Crippen LogP contribution in [-0.4, -0.2) is 80.0 Å². The minimum Gasteiger partial charge on any atom is -0.356 e. The van der Waals surface area contributed by atoms with Crippen molar-refractivity contribution in [3.63, 3.8) is 0 Å². The molecule has 0 aromatic carbocycles. The zero-order chi connectivity index (χ0) is 18.2. The lowest BCUT2D eigenvalue weighted by Gasteiger charge is -2.33. The average molecular weight is 353 g/mol. The monoisotopic (exact) mass is 352 g/mol. The third kappa shape index (κ3) is 6.49. The second-order valence-corrected chi connectivity index (χ2v) is 7.96. The van der Waals surface area contributed by atoms with Gasteiger partial charge < -0.3 is 20.0 Å². The zero-order valence-electron chi connectivity index (χ0n) is 16.3. The number of hydrogen-bond acceptors (Lipinski definition) is 3. The molecule has 0 aliphatic carbocycles. The first-order chi connectivity index (χ1) is 12.0. The van der Waals surface area contributed by atoms with E-state index in [-0.39, 0.29) is 17.9 Å². The van der Waals surface area contributed by atoms with Gasteiger partial charge in [-0.05, 0) is 64.1 Å². The SMILES string of the molecule is CC1CCN(CCCCNC(=O)C2CCN(C(=O)N(C)C)CC2)CC1. The van der Waals surface area contributed by atoms with Crippen LogP contribution in [0.2, 0.25) is 0 Å². The Kier molecular flexibility index (Phi) is 8.00. The number of nitrogens with one attached hydrogen (secondary N) is 1. The van der Waals surface area contributed by atoms with Crippen LogP contribution in [0.1, 0.15) is 45.4 Å². The van der Waals surface area contributed by atoms with Gasteiger partial charge in [0, 0.05) is 39.6 Å². The van der Waals surface area contributed by atoms with Crippen LogP contribution < -0.4 is 5.32 Å². The van der Waals surface area contributed by atoms with E-state index in [9.17, 15) is 9.59 Å². The van der Waals surface area contributed by atoms with Gasteiger partial charge in [-0.1, -0.05) is 6.92 Å². The molecule has 2 fully saturated rings. The van der Waals surface area contributed by atoms with Crippen LogP contribution in [-0.2, 0) is 4.79 Å². The molecule has 0 bridgehead atoms. The standard InChI is InChI=1S/C19H36N4O2/c1-16-6-12-22(13-7-16)11-5-4-10-20-18(24)17-8-14-23(15-9-17)19(25)21(2)3/h16-17H,4-15H2,1-3H3,(H,20,24). The second-order valence-electron chi connectivity index (χ2n) is 7.96. The second kappa shape index (κ2) is 10.00. The largest absolute Gasteiger partial charge is 0.356 e. The Balaban J connectivity index is 1.53. The van der Waals surface area contributed by atoms with Gasteiger partial charge in [-0.3, -0.25) is 4.79 Å². The quantitative estimate of drug-likeness (QED) is 0.744. The van der Waals surface area contributed by atoms with Crippen molar-refractivity contribution in [2.45, 2.75) is 45.4 Å². The molecule has 2 saturated heterocycles. The highest BCUT2D eigenvalue weighted by atomic mass is 16.2. The number of nitrogens with zero attached hydrogens (tertiary/aromatic N) is 3. The molecule has 0 unspecified atom stereocenters. The average Bonchev–Trinajstić information content (AvgIpc) is 2.62. The van der Waals surface area contributed by atoms with Gasteiger partial charge in [-0.25, -0.2) is 4.79 Å². The number of carbonyl (C=O) groups excluding carboxylic acids is 2. The van der Waals surface area contributed by atoms with E-state index >= 15 is 0 Å². The van der Waals surface area contributed by atoms with E-state index in [1.54, 1.807) is 19.0 Å². The van der Waals surface area contributed by atoms with Crippen molar-refractivity contribution >= 4 is 11.9 Å². The number of likely N-dealkylation sites (tertiary alicyclic amines) is 2. The van der Waals surface area contributed by atoms with Crippen molar-refractivity contribution in [3.8, 4) is 0 Å². The molecule has 0 spiro atoms. The van der Waals surface area contributed by atoms with E-state index in [0.717, 1.165) is 44.7 Å². The fourth-order valence-electron chi connectivity index (χ4n) is 3.72. The van der Waals surface area contributed by atoms with Crippen LogP contribution in [0, 0.1) is 11.8 Å². The van der Waals surface area contributed by atoms with Gasteiger partial charge in [0.05, 0.1) is 0 Å². The first-order valence-corrected chi connectivity index (χ1v) is 9.93. The minimum absolute atomic E-state index is 0.0472. The summed E-state index contributed by atoms with van der Waals surface area (Å²) in [7, 11) is 3.54. The van der Waals surface area contributed by atoms with Crippen LogP contribution in [0.15, 0.2) is 0 Å². The normalized spacial score (nSPS) is 20.5. The van der Waals surface area contributed by atoms with Crippen LogP contribution in [0.25, 0.3) is 0 Å². The maximum Gasteiger partial charge on any atom is 0.319 e. The molecule has 2 aliphatic rings. The van der Waals surface area contributed by atoms with E-state index in [1.807, 2.05) is 4.90 Å². The Hall–Kier alpha value is -1.30. The van der Waals surface area contributed by atoms with Crippen molar-refractivity contribution in [2.24, 2.45) is 11.8 Å². The maximum absolute atomic E-state index is 12.3. The van der Waals surface area contributed by atoms with Crippen molar-refractivity contribution in [1.82, 2.24) is 20.0 Å². The van der Waals surface area contributed by atoms with Crippen LogP contribution in [0.3, 0.4) is 0 Å². The van der Waals surface area contributed by atoms with Crippen molar-refractivity contribution in [3.05, 3.63) is 0 Å². The van der Waals surface area contributed by atoms with E-state index in [1.165, 1.54) is 25.9 Å². The number of urea groups is 1. The molecule has 25 heavy (non-hydrogen) atoms. The maximum atomic E-state index is 12.3. The van der Waals surface area contributed by atoms with Gasteiger partial charge >= 0.3 is 6.03 Å². The molecule has 2 aliphatic heterocycles. The molecular formula is C19H36N4O2. The molecular weight excluding hydrogens is 316 g/mol. The highest BCUT2D eigenvalue weighted by Gasteiger charge is 2.27. The van der Waals surface area contributed by atoms with Gasteiger partial charge in [-0.2, -0.15) is 0 Å². The van der Waals surface area contributed by atoms with Gasteiger partial charge in [-0.15, -0.1) is 0 Å². The van der Waals surface area contributed by atoms with Gasteiger partial charge in [0.1, 0.15) is 0 Å². The highest BCUT2D eigenvalue weighted by molar-refractivity contribution is 5.79. The Labute approximate surface area is 152 Å². The molecule has 2 rings (SSSR count). The van der Waals surface area contributed by atoms with E-state index in [2.05, 4.69) is 17.1 Å². The number of hydrogen-bond donors (Lipinski definition) is 1. The lowest BCUT2D eigenvalue weighted by Crippen LogP contribution is -2.46. The third-order valence-electron chi connectivity index (χ3n) is 5.60. The lowest BCUT2D eigenvalue weighted by molar-refractivity contribution is -0.126. The molecule has 1 N–H and O–H groups in total. The van der Waals surface area contributed by atoms with Crippen LogP contribution >= 0.6 is 0 Å². The fraction of sp³-hybridized carbons (Fsp3) is 0.895. The lowest BCUT2D eigenvalue weighted by atomic mass is 9.96. The molecule has 3 amide bonds. The van der Waals surface area contributed by atoms with E-state index < -0.39 is 0 Å². The number of carbonyl (C=O) groups is 2. The summed E-state index contributed by atoms with van der Waals surface area (Å²) in [6.07, 6.45) is 6.41. The van der Waals surface area contributed by atoms with Crippen molar-refractivity contribution in [2.75, 3.05) is 53.4 Å². The summed E-state index contributed by atoms with van der Waals surface area (Å²) in [5, 5.41) is 3.09. The zero-order valence-corrected chi connectivity index (χ0v) is 16.3. The van der Waals surface area contributed by atoms with Gasteiger partial charge in [0.25, 0.3) is 0 Å².